The number of nitrogens with zero attached hydrogens (tertiary/aromatic N) is 2. The smallest absolute Gasteiger partial charge is 0.416 e. The number of amides is 2. The molecule has 2 amide bonds. The van der Waals surface area contributed by atoms with Gasteiger partial charge in [0.05, 0.1) is 11.1 Å². The molecule has 36 heavy (non-hydrogen) atoms. The van der Waals surface area contributed by atoms with E-state index in [1.807, 2.05) is 6.92 Å². The number of benzene rings is 2. The molecular formula is C26H23F4N3O3. The fourth-order valence-electron chi connectivity index (χ4n) is 3.92. The van der Waals surface area contributed by atoms with E-state index in [0.717, 1.165) is 11.6 Å². The minimum atomic E-state index is -4.78. The number of alkyl halides is 3. The van der Waals surface area contributed by atoms with Crippen molar-refractivity contribution in [2.45, 2.75) is 32.0 Å². The number of carbonyl (C=O) groups is 2. The Bertz CT molecular complexity index is 1260. The summed E-state index contributed by atoms with van der Waals surface area (Å²) in [6, 6.07) is 9.98. The molecule has 1 saturated heterocycles. The molecule has 0 unspecified atom stereocenters. The van der Waals surface area contributed by atoms with E-state index in [1.165, 1.54) is 6.20 Å². The molecule has 1 aromatic heterocycles. The third kappa shape index (κ3) is 5.99. The zero-order chi connectivity index (χ0) is 25.9. The van der Waals surface area contributed by atoms with Crippen LogP contribution in [0.25, 0.3) is 0 Å². The molecule has 3 aromatic rings. The van der Waals surface area contributed by atoms with Crippen LogP contribution in [0.5, 0.6) is 5.75 Å². The number of aromatic nitrogens is 1. The van der Waals surface area contributed by atoms with E-state index in [-0.39, 0.29) is 12.0 Å². The van der Waals surface area contributed by atoms with E-state index in [2.05, 4.69) is 10.3 Å². The van der Waals surface area contributed by atoms with Gasteiger partial charge in [0, 0.05) is 55.6 Å². The van der Waals surface area contributed by atoms with Crippen LogP contribution in [0.15, 0.2) is 60.9 Å². The lowest BCUT2D eigenvalue weighted by atomic mass is 10.1. The van der Waals surface area contributed by atoms with Gasteiger partial charge in [-0.05, 0) is 48.9 Å². The van der Waals surface area contributed by atoms with Crippen LogP contribution in [-0.4, -0.2) is 40.9 Å². The standard InChI is InChI=1S/C26H23F4N3O3/c1-16-4-5-21(32-24(34)18-11-19(26(28,29)30)13-20(27)12-18)14-23(16)36-22-6-9-33(10-7-22)25(35)17-3-2-8-31-15-17/h2-5,8,11-15,22H,6-7,9-10H2,1H3,(H,32,34). The summed E-state index contributed by atoms with van der Waals surface area (Å²) in [4.78, 5) is 30.8. The van der Waals surface area contributed by atoms with Gasteiger partial charge in [0.2, 0.25) is 0 Å². The molecule has 4 rings (SSSR count). The first kappa shape index (κ1) is 25.2. The zero-order valence-electron chi connectivity index (χ0n) is 19.3. The molecule has 2 heterocycles. The molecular weight excluding hydrogens is 478 g/mol. The van der Waals surface area contributed by atoms with Gasteiger partial charge in [0.1, 0.15) is 17.7 Å². The molecule has 0 bridgehead atoms. The van der Waals surface area contributed by atoms with Gasteiger partial charge in [-0.15, -0.1) is 0 Å². The van der Waals surface area contributed by atoms with Gasteiger partial charge >= 0.3 is 6.18 Å². The summed E-state index contributed by atoms with van der Waals surface area (Å²) in [7, 11) is 0. The molecule has 0 aliphatic carbocycles. The maximum atomic E-state index is 13.7. The number of rotatable bonds is 5. The first-order chi connectivity index (χ1) is 17.1. The molecule has 1 aliphatic rings. The van der Waals surface area contributed by atoms with Crippen LogP contribution in [0, 0.1) is 12.7 Å². The number of carbonyl (C=O) groups excluding carboxylic acids is 2. The molecule has 10 heteroatoms. The molecule has 0 radical (unpaired) electrons. The molecule has 188 valence electrons. The minimum absolute atomic E-state index is 0.0894. The Morgan fingerprint density at radius 3 is 2.47 bits per heavy atom. The summed E-state index contributed by atoms with van der Waals surface area (Å²) >= 11 is 0. The van der Waals surface area contributed by atoms with Crippen LogP contribution in [-0.2, 0) is 6.18 Å². The number of nitrogens with one attached hydrogen (secondary N) is 1. The Kier molecular flexibility index (Phi) is 7.23. The van der Waals surface area contributed by atoms with Crippen LogP contribution in [0.4, 0.5) is 23.2 Å². The van der Waals surface area contributed by atoms with Gasteiger partial charge in [0.25, 0.3) is 11.8 Å². The number of halogens is 4. The second-order valence-electron chi connectivity index (χ2n) is 8.51. The summed E-state index contributed by atoms with van der Waals surface area (Å²) in [6.07, 6.45) is -0.600. The fraction of sp³-hybridized carbons (Fsp3) is 0.269. The van der Waals surface area contributed by atoms with E-state index in [1.54, 1.807) is 41.4 Å². The molecule has 6 nitrogen and oxygen atoms in total. The molecule has 1 aliphatic heterocycles. The summed E-state index contributed by atoms with van der Waals surface area (Å²) in [5, 5.41) is 2.50. The van der Waals surface area contributed by atoms with Gasteiger partial charge in [-0.2, -0.15) is 13.2 Å². The first-order valence-corrected chi connectivity index (χ1v) is 11.3. The molecule has 0 saturated carbocycles. The van der Waals surface area contributed by atoms with Crippen LogP contribution in [0.1, 0.15) is 44.7 Å². The number of piperidine rings is 1. The molecule has 0 atom stereocenters. The predicted molar refractivity (Wildman–Crippen MR) is 124 cm³/mol. The van der Waals surface area contributed by atoms with Crippen molar-refractivity contribution >= 4 is 17.5 Å². The number of aryl methyl sites for hydroxylation is 1. The van der Waals surface area contributed by atoms with Gasteiger partial charge in [-0.3, -0.25) is 14.6 Å². The minimum Gasteiger partial charge on any atom is -0.490 e. The quantitative estimate of drug-likeness (QED) is 0.470. The number of hydrogen-bond acceptors (Lipinski definition) is 4. The van der Waals surface area contributed by atoms with Crippen LogP contribution in [0.3, 0.4) is 0 Å². The van der Waals surface area contributed by atoms with Crippen molar-refractivity contribution in [1.82, 2.24) is 9.88 Å². The molecule has 2 aromatic carbocycles. The highest BCUT2D eigenvalue weighted by atomic mass is 19.4. The van der Waals surface area contributed by atoms with Crippen LogP contribution >= 0.6 is 0 Å². The Labute approximate surface area is 204 Å². The summed E-state index contributed by atoms with van der Waals surface area (Å²) < 4.78 is 58.7. The number of hydrogen-bond donors (Lipinski definition) is 1. The molecule has 0 spiro atoms. The second-order valence-corrected chi connectivity index (χ2v) is 8.51. The monoisotopic (exact) mass is 501 g/mol. The zero-order valence-corrected chi connectivity index (χ0v) is 19.3. The average Bonchev–Trinajstić information content (AvgIpc) is 2.85. The lowest BCUT2D eigenvalue weighted by Crippen LogP contribution is -2.41. The van der Waals surface area contributed by atoms with Crippen LogP contribution in [0.2, 0.25) is 0 Å². The Hall–Kier alpha value is -3.95. The van der Waals surface area contributed by atoms with E-state index >= 15 is 0 Å². The highest BCUT2D eigenvalue weighted by molar-refractivity contribution is 6.04. The number of pyridine rings is 1. The summed E-state index contributed by atoms with van der Waals surface area (Å²) in [5.41, 5.74) is -0.0728. The molecule has 1 fully saturated rings. The number of likely N-dealkylation sites (tertiary alicyclic amines) is 1. The predicted octanol–water partition coefficient (Wildman–Crippen LogP) is 5.48. The normalized spacial score (nSPS) is 14.4. The molecule has 1 N–H and O–H groups in total. The van der Waals surface area contributed by atoms with Crippen molar-refractivity contribution in [3.63, 3.8) is 0 Å². The van der Waals surface area contributed by atoms with Crippen molar-refractivity contribution in [3.8, 4) is 5.75 Å². The van der Waals surface area contributed by atoms with Crippen molar-refractivity contribution in [2.24, 2.45) is 0 Å². The van der Waals surface area contributed by atoms with Crippen molar-refractivity contribution < 1.29 is 31.9 Å². The summed E-state index contributed by atoms with van der Waals surface area (Å²) in [6.45, 7) is 2.84. The van der Waals surface area contributed by atoms with Crippen LogP contribution < -0.4 is 10.1 Å². The lowest BCUT2D eigenvalue weighted by Gasteiger charge is -2.32. The Morgan fingerprint density at radius 1 is 1.06 bits per heavy atom. The van der Waals surface area contributed by atoms with Gasteiger partial charge < -0.3 is 15.0 Å². The van der Waals surface area contributed by atoms with Gasteiger partial charge in [-0.25, -0.2) is 4.39 Å². The SMILES string of the molecule is Cc1ccc(NC(=O)c2cc(F)cc(C(F)(F)F)c2)cc1OC1CCN(C(=O)c2cccnc2)CC1. The van der Waals surface area contributed by atoms with Crippen molar-refractivity contribution in [2.75, 3.05) is 18.4 Å². The highest BCUT2D eigenvalue weighted by Crippen LogP contribution is 2.31. The second kappa shape index (κ2) is 10.3. The maximum absolute atomic E-state index is 13.7. The van der Waals surface area contributed by atoms with Crippen molar-refractivity contribution in [1.29, 1.82) is 0 Å². The lowest BCUT2D eigenvalue weighted by molar-refractivity contribution is -0.137. The largest absolute Gasteiger partial charge is 0.490 e. The average molecular weight is 501 g/mol. The maximum Gasteiger partial charge on any atom is 0.416 e. The van der Waals surface area contributed by atoms with E-state index < -0.39 is 29.0 Å². The Morgan fingerprint density at radius 2 is 1.81 bits per heavy atom. The van der Waals surface area contributed by atoms with E-state index in [4.69, 9.17) is 4.74 Å². The topological polar surface area (TPSA) is 71.5 Å². The van der Waals surface area contributed by atoms with Crippen molar-refractivity contribution in [3.05, 3.63) is 89.0 Å². The summed E-state index contributed by atoms with van der Waals surface area (Å²) in [5.74, 6) is -1.62. The third-order valence-electron chi connectivity index (χ3n) is 5.86. The number of ether oxygens (including phenoxy) is 1. The highest BCUT2D eigenvalue weighted by Gasteiger charge is 2.32. The fourth-order valence-corrected chi connectivity index (χ4v) is 3.92. The Balaban J connectivity index is 1.40. The van der Waals surface area contributed by atoms with E-state index in [0.29, 0.717) is 55.1 Å². The van der Waals surface area contributed by atoms with Gasteiger partial charge in [-0.1, -0.05) is 6.07 Å². The third-order valence-corrected chi connectivity index (χ3v) is 5.86. The van der Waals surface area contributed by atoms with Gasteiger partial charge in [0.15, 0.2) is 0 Å². The number of anilines is 1. The van der Waals surface area contributed by atoms with E-state index in [9.17, 15) is 27.2 Å². The first-order valence-electron chi connectivity index (χ1n) is 11.3.